The molecule has 4 nitrogen and oxygen atoms in total. The molecule has 3 atom stereocenters. The Kier molecular flexibility index (Phi) is 5.22. The van der Waals surface area contributed by atoms with Crippen molar-refractivity contribution in [3.8, 4) is 0 Å². The monoisotopic (exact) mass is 227 g/mol. The van der Waals surface area contributed by atoms with Gasteiger partial charge in [0.15, 0.2) is 0 Å². The van der Waals surface area contributed by atoms with Crippen LogP contribution in [0.4, 0.5) is 0 Å². The fourth-order valence-corrected chi connectivity index (χ4v) is 2.48. The minimum absolute atomic E-state index is 0.0766. The average molecular weight is 227 g/mol. The van der Waals surface area contributed by atoms with Crippen molar-refractivity contribution in [1.82, 2.24) is 4.90 Å². The number of carbonyl (C=O) groups excluding carboxylic acids is 1. The number of piperidine rings is 1. The fourth-order valence-electron chi connectivity index (χ4n) is 2.48. The summed E-state index contributed by atoms with van der Waals surface area (Å²) in [6, 6.07) is 0.431. The predicted molar refractivity (Wildman–Crippen MR) is 65.8 cm³/mol. The minimum Gasteiger partial charge on any atom is -0.369 e. The third kappa shape index (κ3) is 3.46. The molecule has 1 aliphatic heterocycles. The first-order valence-electron chi connectivity index (χ1n) is 6.31. The molecule has 94 valence electrons. The molecular weight excluding hydrogens is 202 g/mol. The number of nitrogens with two attached hydrogens (primary N) is 2. The third-order valence-corrected chi connectivity index (χ3v) is 3.79. The van der Waals surface area contributed by atoms with Crippen LogP contribution in [-0.4, -0.2) is 36.5 Å². The summed E-state index contributed by atoms with van der Waals surface area (Å²) in [7, 11) is 0. The van der Waals surface area contributed by atoms with Gasteiger partial charge in [0.05, 0.1) is 0 Å². The van der Waals surface area contributed by atoms with E-state index in [0.29, 0.717) is 12.6 Å². The van der Waals surface area contributed by atoms with Gasteiger partial charge in [0.1, 0.15) is 0 Å². The molecule has 16 heavy (non-hydrogen) atoms. The SMILES string of the molecule is CCC1CCN(CC(C)C(N)=O)C(CN)C1. The van der Waals surface area contributed by atoms with E-state index in [4.69, 9.17) is 11.5 Å². The molecule has 0 aromatic heterocycles. The Balaban J connectivity index is 2.50. The third-order valence-electron chi connectivity index (χ3n) is 3.79. The average Bonchev–Trinajstić information content (AvgIpc) is 2.29. The largest absolute Gasteiger partial charge is 0.369 e. The van der Waals surface area contributed by atoms with Crippen LogP contribution in [0.25, 0.3) is 0 Å². The molecule has 1 rings (SSSR count). The van der Waals surface area contributed by atoms with Crippen molar-refractivity contribution in [2.75, 3.05) is 19.6 Å². The lowest BCUT2D eigenvalue weighted by Crippen LogP contribution is -2.49. The molecule has 1 amide bonds. The quantitative estimate of drug-likeness (QED) is 0.720. The van der Waals surface area contributed by atoms with E-state index in [2.05, 4.69) is 11.8 Å². The van der Waals surface area contributed by atoms with E-state index >= 15 is 0 Å². The van der Waals surface area contributed by atoms with E-state index in [-0.39, 0.29) is 11.8 Å². The second kappa shape index (κ2) is 6.21. The first kappa shape index (κ1) is 13.5. The van der Waals surface area contributed by atoms with E-state index in [1.54, 1.807) is 0 Å². The first-order valence-corrected chi connectivity index (χ1v) is 6.31. The molecule has 0 aromatic rings. The second-order valence-electron chi connectivity index (χ2n) is 4.99. The molecule has 0 spiro atoms. The highest BCUT2D eigenvalue weighted by atomic mass is 16.1. The number of carbonyl (C=O) groups is 1. The summed E-state index contributed by atoms with van der Waals surface area (Å²) in [5, 5.41) is 0. The van der Waals surface area contributed by atoms with Crippen LogP contribution in [0.3, 0.4) is 0 Å². The normalized spacial score (nSPS) is 28.9. The maximum absolute atomic E-state index is 11.1. The van der Waals surface area contributed by atoms with E-state index in [9.17, 15) is 4.79 Å². The van der Waals surface area contributed by atoms with Gasteiger partial charge in [-0.2, -0.15) is 0 Å². The van der Waals surface area contributed by atoms with Crippen molar-refractivity contribution in [2.45, 2.75) is 39.2 Å². The lowest BCUT2D eigenvalue weighted by molar-refractivity contribution is -0.122. The molecule has 0 aromatic carbocycles. The number of hydrogen-bond acceptors (Lipinski definition) is 3. The van der Waals surface area contributed by atoms with E-state index in [1.807, 2.05) is 6.92 Å². The zero-order valence-electron chi connectivity index (χ0n) is 10.5. The molecule has 4 heteroatoms. The molecule has 1 saturated heterocycles. The van der Waals surface area contributed by atoms with E-state index < -0.39 is 0 Å². The van der Waals surface area contributed by atoms with Crippen molar-refractivity contribution in [1.29, 1.82) is 0 Å². The molecule has 3 unspecified atom stereocenters. The van der Waals surface area contributed by atoms with Gasteiger partial charge in [0.25, 0.3) is 0 Å². The van der Waals surface area contributed by atoms with Gasteiger partial charge in [-0.15, -0.1) is 0 Å². The summed E-state index contributed by atoms with van der Waals surface area (Å²) in [5.41, 5.74) is 11.1. The maximum atomic E-state index is 11.1. The van der Waals surface area contributed by atoms with Crippen molar-refractivity contribution < 1.29 is 4.79 Å². The fraction of sp³-hybridized carbons (Fsp3) is 0.917. The highest BCUT2D eigenvalue weighted by Crippen LogP contribution is 2.25. The van der Waals surface area contributed by atoms with Crippen LogP contribution in [0.15, 0.2) is 0 Å². The Morgan fingerprint density at radius 2 is 2.25 bits per heavy atom. The Morgan fingerprint density at radius 3 is 2.75 bits per heavy atom. The molecule has 1 heterocycles. The highest BCUT2D eigenvalue weighted by Gasteiger charge is 2.28. The molecule has 0 bridgehead atoms. The van der Waals surface area contributed by atoms with Gasteiger partial charge in [-0.3, -0.25) is 9.69 Å². The van der Waals surface area contributed by atoms with Crippen LogP contribution in [-0.2, 0) is 4.79 Å². The summed E-state index contributed by atoms with van der Waals surface area (Å²) >= 11 is 0. The molecule has 0 saturated carbocycles. The zero-order valence-corrected chi connectivity index (χ0v) is 10.5. The summed E-state index contributed by atoms with van der Waals surface area (Å²) in [6.07, 6.45) is 3.62. The van der Waals surface area contributed by atoms with Gasteiger partial charge in [0, 0.05) is 25.0 Å². The molecule has 1 aliphatic rings. The number of amides is 1. The maximum Gasteiger partial charge on any atom is 0.221 e. The standard InChI is InChI=1S/C12H25N3O/c1-3-10-4-5-15(11(6-10)7-13)8-9(2)12(14)16/h9-11H,3-8,13H2,1-2H3,(H2,14,16). The summed E-state index contributed by atoms with van der Waals surface area (Å²) < 4.78 is 0. The highest BCUT2D eigenvalue weighted by molar-refractivity contribution is 5.76. The number of rotatable bonds is 5. The second-order valence-corrected chi connectivity index (χ2v) is 4.99. The van der Waals surface area contributed by atoms with Gasteiger partial charge in [-0.25, -0.2) is 0 Å². The van der Waals surface area contributed by atoms with Crippen LogP contribution in [0, 0.1) is 11.8 Å². The molecule has 1 fully saturated rings. The van der Waals surface area contributed by atoms with Crippen LogP contribution >= 0.6 is 0 Å². The van der Waals surface area contributed by atoms with Crippen molar-refractivity contribution >= 4 is 5.91 Å². The number of hydrogen-bond donors (Lipinski definition) is 2. The van der Waals surface area contributed by atoms with E-state index in [1.165, 1.54) is 19.3 Å². The number of primary amides is 1. The summed E-state index contributed by atoms with van der Waals surface area (Å²) in [6.45, 7) is 6.62. The summed E-state index contributed by atoms with van der Waals surface area (Å²) in [4.78, 5) is 13.4. The molecule has 4 N–H and O–H groups in total. The van der Waals surface area contributed by atoms with Crippen molar-refractivity contribution in [3.05, 3.63) is 0 Å². The Morgan fingerprint density at radius 1 is 1.56 bits per heavy atom. The topological polar surface area (TPSA) is 72.3 Å². The number of nitrogens with zero attached hydrogens (tertiary/aromatic N) is 1. The van der Waals surface area contributed by atoms with Crippen LogP contribution < -0.4 is 11.5 Å². The lowest BCUT2D eigenvalue weighted by Gasteiger charge is -2.39. The van der Waals surface area contributed by atoms with Gasteiger partial charge in [0.2, 0.25) is 5.91 Å². The first-order chi connectivity index (χ1) is 7.58. The Bertz CT molecular complexity index is 232. The zero-order chi connectivity index (χ0) is 12.1. The van der Waals surface area contributed by atoms with Gasteiger partial charge >= 0.3 is 0 Å². The van der Waals surface area contributed by atoms with Crippen molar-refractivity contribution in [3.63, 3.8) is 0 Å². The predicted octanol–water partition coefficient (Wildman–Crippen LogP) is 0.557. The van der Waals surface area contributed by atoms with Gasteiger partial charge in [-0.05, 0) is 25.3 Å². The smallest absolute Gasteiger partial charge is 0.221 e. The lowest BCUT2D eigenvalue weighted by atomic mass is 9.88. The molecule has 0 aliphatic carbocycles. The Labute approximate surface area is 98.3 Å². The minimum atomic E-state index is -0.214. The molecule has 0 radical (unpaired) electrons. The molecular formula is C12H25N3O. The van der Waals surface area contributed by atoms with Crippen LogP contribution in [0.1, 0.15) is 33.1 Å². The van der Waals surface area contributed by atoms with Crippen LogP contribution in [0.5, 0.6) is 0 Å². The summed E-state index contributed by atoms with van der Waals surface area (Å²) in [5.74, 6) is 0.509. The van der Waals surface area contributed by atoms with Crippen molar-refractivity contribution in [2.24, 2.45) is 23.3 Å². The van der Waals surface area contributed by atoms with Crippen LogP contribution in [0.2, 0.25) is 0 Å². The van der Waals surface area contributed by atoms with Gasteiger partial charge < -0.3 is 11.5 Å². The van der Waals surface area contributed by atoms with E-state index in [0.717, 1.165) is 19.0 Å². The van der Waals surface area contributed by atoms with Gasteiger partial charge in [-0.1, -0.05) is 20.3 Å². The Hall–Kier alpha value is -0.610. The number of likely N-dealkylation sites (tertiary alicyclic amines) is 1.